The molecule has 7 aliphatic rings. The summed E-state index contributed by atoms with van der Waals surface area (Å²) in [6.07, 6.45) is -2.97. The summed E-state index contributed by atoms with van der Waals surface area (Å²) in [6, 6.07) is 0.0763. The van der Waals surface area contributed by atoms with Crippen LogP contribution in [-0.4, -0.2) is 326 Å². The highest BCUT2D eigenvalue weighted by Gasteiger charge is 2.55. The maximum absolute atomic E-state index is 14.4. The first-order valence-corrected chi connectivity index (χ1v) is 43.7. The number of aliphatic hydroxyl groups is 9. The number of hydrazone groups is 1. The van der Waals surface area contributed by atoms with Gasteiger partial charge >= 0.3 is 17.7 Å². The van der Waals surface area contributed by atoms with E-state index < -0.39 is 196 Å². The molecule has 0 saturated carbocycles. The van der Waals surface area contributed by atoms with E-state index in [4.69, 9.17) is 57.6 Å². The molecule has 29 atom stereocenters. The van der Waals surface area contributed by atoms with Crippen molar-refractivity contribution in [2.45, 2.75) is 304 Å². The number of fused-ring (bicyclic) bond motifs is 14. The Hall–Kier alpha value is -6.62. The van der Waals surface area contributed by atoms with Crippen molar-refractivity contribution in [3.8, 4) is 23.0 Å². The molecule has 4 saturated heterocycles. The van der Waals surface area contributed by atoms with E-state index in [0.29, 0.717) is 19.5 Å². The molecule has 0 aliphatic carbocycles. The van der Waals surface area contributed by atoms with Crippen molar-refractivity contribution >= 4 is 52.1 Å². The van der Waals surface area contributed by atoms with Crippen LogP contribution in [0.15, 0.2) is 41.2 Å². The SMILES string of the molecule is CC[C@@H](CO)NCCN[C@@H](CC)CO.CC[C@H]1OC(=O)[C@H](C)[C@@H](O[C@H]2C[C@@](C)(OC)[C@@H](O)[C@H](C)O2)[C@H](C)[C@@H](O[C@@H]2O[C@H](C)C[C@H](N(C)C)[C@H]2O)[C@](C)(O)C[C@@H](C)C(=O)[C@H](C)[C@@H](O)[C@]1(C)O.CO[C@H]1/C=C/O[C@@]2(C)Oc3c(C)c(O)c4c(O)c(c(/C=N\N5CCN(C)CC5)c(O)c4c3C2=O)NC(=O)/C(C)=C\C=C\[C@@H](C)[C@H](O)[C@@H](C)[C@H](O)[C@@H](C)[C@H](OC(C)=O)[C@@H]1C. The third-order valence-corrected chi connectivity index (χ3v) is 26.1. The quantitative estimate of drug-likeness (QED) is 0.0244. The lowest BCUT2D eigenvalue weighted by Crippen LogP contribution is -2.61. The summed E-state index contributed by atoms with van der Waals surface area (Å²) in [7, 11) is 8.60. The molecule has 4 fully saturated rings. The summed E-state index contributed by atoms with van der Waals surface area (Å²) in [5, 5.41) is 149. The maximum Gasteiger partial charge on any atom is 0.312 e. The van der Waals surface area contributed by atoms with Crippen LogP contribution in [0.1, 0.15) is 192 Å². The number of rotatable bonds is 20. The van der Waals surface area contributed by atoms with Gasteiger partial charge in [-0.25, -0.2) is 0 Å². The van der Waals surface area contributed by atoms with Gasteiger partial charge in [-0.15, -0.1) is 0 Å². The van der Waals surface area contributed by atoms with Gasteiger partial charge in [0.15, 0.2) is 18.3 Å². The molecule has 0 spiro atoms. The predicted octanol–water partition coefficient (Wildman–Crippen LogP) is 5.83. The molecule has 7 aliphatic heterocycles. The lowest BCUT2D eigenvalue weighted by molar-refractivity contribution is -0.318. The molecule has 7 heterocycles. The van der Waals surface area contributed by atoms with Crippen LogP contribution in [0, 0.1) is 54.3 Å². The van der Waals surface area contributed by atoms with E-state index in [1.54, 1.807) is 86.4 Å². The summed E-state index contributed by atoms with van der Waals surface area (Å²) in [5.74, 6) is -13.3. The van der Waals surface area contributed by atoms with Gasteiger partial charge in [0.1, 0.15) is 53.0 Å². The molecule has 2 aromatic rings. The number of piperazine rings is 1. The van der Waals surface area contributed by atoms with Crippen molar-refractivity contribution in [3.63, 3.8) is 0 Å². The lowest BCUT2D eigenvalue weighted by atomic mass is 9.74. The molecule has 1 amide bonds. The number of ketones is 2. The van der Waals surface area contributed by atoms with Crippen molar-refractivity contribution in [2.75, 3.05) is 93.2 Å². The number of likely N-dealkylation sites (N-methyl/N-ethyl adjacent to an activating group) is 2. The molecule has 0 radical (unpaired) electrons. The highest BCUT2D eigenvalue weighted by atomic mass is 16.7. The van der Waals surface area contributed by atoms with Crippen LogP contribution in [0.3, 0.4) is 0 Å². The maximum atomic E-state index is 14.4. The van der Waals surface area contributed by atoms with E-state index in [0.717, 1.165) is 39.0 Å². The van der Waals surface area contributed by atoms with Crippen molar-refractivity contribution in [2.24, 2.45) is 52.4 Å². The predicted molar refractivity (Wildman–Crippen MR) is 465 cm³/mol. The first-order chi connectivity index (χ1) is 57.9. The van der Waals surface area contributed by atoms with Gasteiger partial charge in [0.2, 0.25) is 0 Å². The van der Waals surface area contributed by atoms with Crippen LogP contribution in [0.5, 0.6) is 23.0 Å². The number of hydrogen-bond donors (Lipinski definition) is 15. The Labute approximate surface area is 731 Å². The Morgan fingerprint density at radius 3 is 1.90 bits per heavy atom. The minimum absolute atomic E-state index is 0.0559. The molecule has 0 unspecified atom stereocenters. The summed E-state index contributed by atoms with van der Waals surface area (Å²) >= 11 is 0. The summed E-state index contributed by atoms with van der Waals surface area (Å²) in [4.78, 5) is 72.4. The normalized spacial score (nSPS) is 37.5. The van der Waals surface area contributed by atoms with Crippen LogP contribution in [0.2, 0.25) is 0 Å². The third kappa shape index (κ3) is 25.3. The number of phenols is 3. The second kappa shape index (κ2) is 46.1. The number of benzene rings is 2. The fourth-order valence-electron chi connectivity index (χ4n) is 17.6. The average Bonchev–Trinajstić information content (AvgIpc) is 1.52. The summed E-state index contributed by atoms with van der Waals surface area (Å²) in [6.45, 7) is 37.5. The molecule has 9 rings (SSSR count). The van der Waals surface area contributed by atoms with Crippen LogP contribution in [-0.2, 0) is 61.8 Å². The van der Waals surface area contributed by atoms with Gasteiger partial charge in [0, 0.05) is 150 Å². The number of nitrogens with zero attached hydrogens (tertiary/aromatic N) is 4. The number of Topliss-reactive ketones (excluding diaryl/α,β-unsaturated/α-hetero) is 2. The van der Waals surface area contributed by atoms with Gasteiger partial charge < -0.3 is 134 Å². The van der Waals surface area contributed by atoms with Crippen LogP contribution in [0.25, 0.3) is 10.8 Å². The van der Waals surface area contributed by atoms with E-state index in [1.165, 1.54) is 87.3 Å². The van der Waals surface area contributed by atoms with Crippen LogP contribution < -0.4 is 20.7 Å². The number of esters is 2. The molecule has 34 nitrogen and oxygen atoms in total. The Balaban J connectivity index is 0.000000334. The van der Waals surface area contributed by atoms with Crippen LogP contribution >= 0.6 is 0 Å². The number of aromatic hydroxyl groups is 3. The number of hydrogen-bond acceptors (Lipinski definition) is 33. The smallest absolute Gasteiger partial charge is 0.312 e. The summed E-state index contributed by atoms with van der Waals surface area (Å²) < 4.78 is 60.7. The van der Waals surface area contributed by atoms with E-state index in [1.807, 2.05) is 46.8 Å². The molecule has 124 heavy (non-hydrogen) atoms. The molecule has 0 aromatic heterocycles. The second-order valence-electron chi connectivity index (χ2n) is 36.1. The minimum Gasteiger partial charge on any atom is -0.507 e. The number of methoxy groups -OCH3 is 2. The van der Waals surface area contributed by atoms with Gasteiger partial charge in [-0.1, -0.05) is 87.5 Å². The Morgan fingerprint density at radius 2 is 1.35 bits per heavy atom. The monoisotopic (exact) mass is 1760 g/mol. The van der Waals surface area contributed by atoms with Gasteiger partial charge in [-0.05, 0) is 115 Å². The molecule has 34 heteroatoms. The number of cyclic esters (lactones) is 1. The zero-order valence-electron chi connectivity index (χ0n) is 77.6. The molecule has 2 aromatic carbocycles. The highest BCUT2D eigenvalue weighted by molar-refractivity contribution is 6.24. The van der Waals surface area contributed by atoms with Gasteiger partial charge in [-0.2, -0.15) is 5.10 Å². The zero-order valence-corrected chi connectivity index (χ0v) is 77.6. The van der Waals surface area contributed by atoms with Gasteiger partial charge in [0.25, 0.3) is 11.7 Å². The first-order valence-electron chi connectivity index (χ1n) is 43.7. The van der Waals surface area contributed by atoms with E-state index >= 15 is 0 Å². The van der Waals surface area contributed by atoms with Gasteiger partial charge in [-0.3, -0.25) is 29.0 Å². The van der Waals surface area contributed by atoms with Crippen molar-refractivity contribution < 1.29 is 133 Å². The first kappa shape index (κ1) is 106. The topological polar surface area (TPSA) is 479 Å². The number of amides is 1. The van der Waals surface area contributed by atoms with Crippen molar-refractivity contribution in [1.82, 2.24) is 25.4 Å². The Kier molecular flexibility index (Phi) is 39.4. The van der Waals surface area contributed by atoms with Crippen molar-refractivity contribution in [3.05, 3.63) is 52.8 Å². The fraction of sp³-hybridized carbons (Fsp3) is 0.756. The molecule has 15 N–H and O–H groups in total. The number of nitrogens with one attached hydrogen (secondary N) is 3. The summed E-state index contributed by atoms with van der Waals surface area (Å²) in [5.41, 5.74) is -5.19. The molecular formula is C90H149N7O27. The molecule has 706 valence electrons. The number of aliphatic hydroxyl groups excluding tert-OH is 7. The van der Waals surface area contributed by atoms with Gasteiger partial charge in [0.05, 0.1) is 114 Å². The molecule has 5 bridgehead atoms. The number of anilines is 1. The lowest BCUT2D eigenvalue weighted by Gasteiger charge is -2.49. The van der Waals surface area contributed by atoms with E-state index in [9.17, 15) is 75.0 Å². The number of phenolic OH excluding ortho intramolecular Hbond substituents is 3. The van der Waals surface area contributed by atoms with E-state index in [-0.39, 0.29) is 101 Å². The number of allylic oxidation sites excluding steroid dienone is 2. The third-order valence-electron chi connectivity index (χ3n) is 26.1. The number of ether oxygens (including phenoxy) is 10. The average molecular weight is 1760 g/mol. The minimum atomic E-state index is -2.04. The zero-order chi connectivity index (χ0) is 93.4. The van der Waals surface area contributed by atoms with Crippen LogP contribution in [0.4, 0.5) is 5.69 Å². The van der Waals surface area contributed by atoms with Crippen molar-refractivity contribution in [1.29, 1.82) is 0 Å². The second-order valence-corrected chi connectivity index (χ2v) is 36.1. The number of carbonyl (C=O) groups excluding carboxylic acids is 5. The van der Waals surface area contributed by atoms with E-state index in [2.05, 4.69) is 26.0 Å². The molecular weight excluding hydrogens is 1610 g/mol. The number of carbonyl (C=O) groups is 5. The Morgan fingerprint density at radius 1 is 0.742 bits per heavy atom. The largest absolute Gasteiger partial charge is 0.507 e. The Bertz CT molecular complexity index is 3950. The fourth-order valence-corrected chi connectivity index (χ4v) is 17.6. The highest BCUT2D eigenvalue weighted by Crippen LogP contribution is 2.55. The standard InChI is InChI=1S/C43H58N4O12.C37H67NO13.C10H24N2O2/c1-21-12-11-13-22(2)42(55)45-33-28(20-44-47-17-15-46(9)16-18-47)37(52)30-31(38(33)53)36(51)26(6)40-32(30)41(54)43(8,59-40)57-19-14-29(56-10)23(3)39(58-27(7)48)25(5)35(50)24(4)34(21)49;1-14-25-37(10,45)30(41)20(4)27(39)18(2)16-35(8,44)32(51-34-28(40)24(38(11)12)15-19(3)47-34)21(5)29(22(6)33(43)49-25)50-26-17-36(9,46-13)31(42)23(7)48-26;1-3-9(7-13)11-5-6-12-10(4-2)8-14/h11-14,19-21,23-25,29,34-35,39,49-53H,15-18H2,1-10H3,(H,45,55);18-26,28-32,34,40-42,44-45H,14-17H2,1-13H3;9-14H,3-8H2,1-2H3/b12-11+,19-14+,22-13-,44-20-;;/t21-,23-,24-,25-,29+,34+,35+,39-,43+;18-,19-,20+,21+,22-,23+,24+,25-,26+,28-,29+,30-,31+,32-,34+,35-,36-,37-;9-,10-/m110/s1.